The average Bonchev–Trinajstić information content (AvgIpc) is 2.83. The molecule has 0 aromatic heterocycles. The number of rotatable bonds is 6. The van der Waals surface area contributed by atoms with Crippen molar-refractivity contribution >= 4 is 32.9 Å². The Morgan fingerprint density at radius 3 is 2.26 bits per heavy atom. The maximum Gasteiger partial charge on any atom is 0.338 e. The average molecular weight is 473 g/mol. The summed E-state index contributed by atoms with van der Waals surface area (Å²) in [5.74, 6) is -0.339. The number of carbonyl (C=O) groups is 1. The summed E-state index contributed by atoms with van der Waals surface area (Å²) in [6.45, 7) is 6.39. The molecule has 0 heterocycles. The van der Waals surface area contributed by atoms with Crippen molar-refractivity contribution in [1.82, 2.24) is 0 Å². The van der Waals surface area contributed by atoms with E-state index in [4.69, 9.17) is 4.74 Å². The van der Waals surface area contributed by atoms with Crippen LogP contribution in [0, 0.1) is 0 Å². The first-order chi connectivity index (χ1) is 16.2. The van der Waals surface area contributed by atoms with E-state index >= 15 is 0 Å². The summed E-state index contributed by atoms with van der Waals surface area (Å²) in [6, 6.07) is 21.8. The van der Waals surface area contributed by atoms with Gasteiger partial charge in [-0.3, -0.25) is 0 Å². The fourth-order valence-corrected chi connectivity index (χ4v) is 5.68. The van der Waals surface area contributed by atoms with Crippen molar-refractivity contribution in [3.63, 3.8) is 0 Å². The lowest BCUT2D eigenvalue weighted by molar-refractivity contribution is 0.0526. The molecule has 0 saturated heterocycles. The Morgan fingerprint density at radius 1 is 0.941 bits per heavy atom. The third-order valence-electron chi connectivity index (χ3n) is 6.07. The fraction of sp³-hybridized carbons (Fsp3) is 0.207. The van der Waals surface area contributed by atoms with Crippen molar-refractivity contribution in [2.75, 3.05) is 6.61 Å². The molecule has 0 amide bonds. The highest BCUT2D eigenvalue weighted by molar-refractivity contribution is 8.00. The molecule has 4 rings (SSSR count). The van der Waals surface area contributed by atoms with Crippen molar-refractivity contribution in [1.29, 1.82) is 0 Å². The first kappa shape index (κ1) is 23.7. The van der Waals surface area contributed by atoms with Crippen LogP contribution >= 0.6 is 0 Å². The highest BCUT2D eigenvalue weighted by Gasteiger charge is 2.33. The quantitative estimate of drug-likeness (QED) is 0.302. The zero-order valence-electron chi connectivity index (χ0n) is 19.6. The number of allylic oxidation sites excluding steroid dienone is 1. The Balaban J connectivity index is 1.68. The fourth-order valence-electron chi connectivity index (χ4n) is 4.15. The molecule has 0 unspecified atom stereocenters. The molecule has 0 spiro atoms. The van der Waals surface area contributed by atoms with Crippen molar-refractivity contribution in [3.8, 4) is 0 Å². The minimum Gasteiger partial charge on any atom is -0.462 e. The normalized spacial score (nSPS) is 15.0. The maximum atomic E-state index is 13.5. The van der Waals surface area contributed by atoms with E-state index in [1.165, 1.54) is 0 Å². The van der Waals surface area contributed by atoms with Crippen molar-refractivity contribution < 1.29 is 17.9 Å². The summed E-state index contributed by atoms with van der Waals surface area (Å²) in [5.41, 5.74) is 3.96. The third-order valence-corrected chi connectivity index (χ3v) is 7.93. The van der Waals surface area contributed by atoms with Gasteiger partial charge in [0.2, 0.25) is 9.84 Å². The smallest absolute Gasteiger partial charge is 0.338 e. The maximum absolute atomic E-state index is 13.5. The molecule has 174 valence electrons. The summed E-state index contributed by atoms with van der Waals surface area (Å²) < 4.78 is 31.9. The minimum atomic E-state index is -3.63. The number of benzene rings is 3. The molecule has 0 radical (unpaired) electrons. The van der Waals surface area contributed by atoms with E-state index in [1.807, 2.05) is 54.6 Å². The molecule has 4 nitrogen and oxygen atoms in total. The molecule has 0 fully saturated rings. The number of fused-ring (bicyclic) bond motifs is 1. The molecular formula is C29H28O4S. The van der Waals surface area contributed by atoms with Gasteiger partial charge in [-0.1, -0.05) is 74.5 Å². The van der Waals surface area contributed by atoms with E-state index in [0.717, 1.165) is 22.3 Å². The van der Waals surface area contributed by atoms with Gasteiger partial charge in [0.05, 0.1) is 22.0 Å². The van der Waals surface area contributed by atoms with E-state index in [2.05, 4.69) is 13.8 Å². The number of hydrogen-bond donors (Lipinski definition) is 0. The number of hydrogen-bond acceptors (Lipinski definition) is 4. The highest BCUT2D eigenvalue weighted by Crippen LogP contribution is 2.43. The summed E-state index contributed by atoms with van der Waals surface area (Å²) in [4.78, 5) is 12.5. The van der Waals surface area contributed by atoms with Crippen LogP contribution in [0.5, 0.6) is 0 Å². The molecule has 0 bridgehead atoms. The summed E-state index contributed by atoms with van der Waals surface area (Å²) >= 11 is 0. The largest absolute Gasteiger partial charge is 0.462 e. The molecule has 3 aromatic rings. The van der Waals surface area contributed by atoms with Crippen LogP contribution < -0.4 is 0 Å². The van der Waals surface area contributed by atoms with Crippen LogP contribution in [0.3, 0.4) is 0 Å². The standard InChI is InChI=1S/C29H28O4S/c1-4-33-28(30)23-15-12-21(13-16-23)10-11-22-14-17-26-25(20-22)27(18-19-29(26,2)3)34(31,32)24-8-6-5-7-9-24/h5-18,20H,4,19H2,1-3H3. The molecule has 0 saturated carbocycles. The van der Waals surface area contributed by atoms with E-state index in [0.29, 0.717) is 28.4 Å². The van der Waals surface area contributed by atoms with Crippen LogP contribution in [-0.4, -0.2) is 21.0 Å². The zero-order valence-corrected chi connectivity index (χ0v) is 20.4. The molecule has 34 heavy (non-hydrogen) atoms. The van der Waals surface area contributed by atoms with Gasteiger partial charge in [0.25, 0.3) is 0 Å². The number of esters is 1. The predicted octanol–water partition coefficient (Wildman–Crippen LogP) is 6.53. The molecule has 1 aliphatic rings. The topological polar surface area (TPSA) is 60.4 Å². The second-order valence-corrected chi connectivity index (χ2v) is 10.9. The van der Waals surface area contributed by atoms with Gasteiger partial charge in [0.1, 0.15) is 0 Å². The van der Waals surface area contributed by atoms with E-state index in [1.54, 1.807) is 43.3 Å². The van der Waals surface area contributed by atoms with Crippen molar-refractivity contribution in [2.45, 2.75) is 37.5 Å². The molecule has 0 aliphatic heterocycles. The van der Waals surface area contributed by atoms with Gasteiger partial charge in [-0.2, -0.15) is 0 Å². The van der Waals surface area contributed by atoms with Crippen LogP contribution in [0.25, 0.3) is 17.1 Å². The van der Waals surface area contributed by atoms with Gasteiger partial charge in [0.15, 0.2) is 0 Å². The SMILES string of the molecule is CCOC(=O)c1ccc(C=Cc2ccc3c(c2)C(S(=O)(=O)c2ccccc2)=CCC3(C)C)cc1. The summed E-state index contributed by atoms with van der Waals surface area (Å²) in [6.07, 6.45) is 6.41. The van der Waals surface area contributed by atoms with Crippen LogP contribution in [0.4, 0.5) is 0 Å². The summed E-state index contributed by atoms with van der Waals surface area (Å²) in [7, 11) is -3.63. The highest BCUT2D eigenvalue weighted by atomic mass is 32.2. The van der Waals surface area contributed by atoms with Crippen molar-refractivity contribution in [2.24, 2.45) is 0 Å². The van der Waals surface area contributed by atoms with Crippen molar-refractivity contribution in [3.05, 3.63) is 107 Å². The van der Waals surface area contributed by atoms with E-state index < -0.39 is 9.84 Å². The molecule has 0 atom stereocenters. The lowest BCUT2D eigenvalue weighted by Crippen LogP contribution is -2.23. The molecule has 0 N–H and O–H groups in total. The Labute approximate surface area is 201 Å². The van der Waals surface area contributed by atoms with Gasteiger partial charge >= 0.3 is 5.97 Å². The second kappa shape index (κ2) is 9.43. The monoisotopic (exact) mass is 472 g/mol. The number of carbonyl (C=O) groups excluding carboxylic acids is 1. The zero-order chi connectivity index (χ0) is 24.3. The first-order valence-corrected chi connectivity index (χ1v) is 12.8. The first-order valence-electron chi connectivity index (χ1n) is 11.3. The van der Waals surface area contributed by atoms with Crippen LogP contribution in [0.1, 0.15) is 59.8 Å². The second-order valence-electron chi connectivity index (χ2n) is 8.95. The van der Waals surface area contributed by atoms with Gasteiger partial charge in [-0.25, -0.2) is 13.2 Å². The Kier molecular flexibility index (Phi) is 6.58. The lowest BCUT2D eigenvalue weighted by atomic mass is 9.75. The van der Waals surface area contributed by atoms with Gasteiger partial charge in [0, 0.05) is 0 Å². The van der Waals surface area contributed by atoms with Gasteiger partial charge < -0.3 is 4.74 Å². The van der Waals surface area contributed by atoms with Crippen LogP contribution in [-0.2, 0) is 20.0 Å². The lowest BCUT2D eigenvalue weighted by Gasteiger charge is -2.32. The minimum absolute atomic E-state index is 0.157. The van der Waals surface area contributed by atoms with E-state index in [9.17, 15) is 13.2 Å². The Bertz CT molecular complexity index is 1360. The Morgan fingerprint density at radius 2 is 1.59 bits per heavy atom. The van der Waals surface area contributed by atoms with E-state index in [-0.39, 0.29) is 11.4 Å². The Hall–Kier alpha value is -3.44. The van der Waals surface area contributed by atoms with Crippen LogP contribution in [0.15, 0.2) is 83.8 Å². The predicted molar refractivity (Wildman–Crippen MR) is 137 cm³/mol. The molecule has 1 aliphatic carbocycles. The number of ether oxygens (including phenoxy) is 1. The third kappa shape index (κ3) is 4.75. The molecule has 5 heteroatoms. The van der Waals surface area contributed by atoms with Crippen LogP contribution in [0.2, 0.25) is 0 Å². The number of sulfone groups is 1. The summed E-state index contributed by atoms with van der Waals surface area (Å²) in [5, 5.41) is 0. The molecule has 3 aromatic carbocycles. The molecular weight excluding hydrogens is 444 g/mol. The van der Waals surface area contributed by atoms with Gasteiger partial charge in [-0.15, -0.1) is 0 Å². The van der Waals surface area contributed by atoms with Gasteiger partial charge in [-0.05, 0) is 71.3 Å².